The predicted octanol–water partition coefficient (Wildman–Crippen LogP) is 4.09. The van der Waals surface area contributed by atoms with Crippen molar-refractivity contribution in [2.45, 2.75) is 11.8 Å². The van der Waals surface area contributed by atoms with E-state index in [2.05, 4.69) is 9.71 Å². The summed E-state index contributed by atoms with van der Waals surface area (Å²) in [4.78, 5) is 17.6. The average Bonchev–Trinajstić information content (AvgIpc) is 3.04. The maximum atomic E-state index is 12.6. The molecule has 0 spiro atoms. The van der Waals surface area contributed by atoms with Gasteiger partial charge in [-0.2, -0.15) is 4.99 Å². The summed E-state index contributed by atoms with van der Waals surface area (Å²) in [5.41, 5.74) is 2.74. The van der Waals surface area contributed by atoms with Crippen LogP contribution in [0.15, 0.2) is 82.7 Å². The van der Waals surface area contributed by atoms with Crippen LogP contribution in [0.3, 0.4) is 0 Å². The Morgan fingerprint density at radius 1 is 0.967 bits per heavy atom. The molecule has 6 nitrogen and oxygen atoms in total. The van der Waals surface area contributed by atoms with E-state index in [-0.39, 0.29) is 10.8 Å². The fourth-order valence-corrected chi connectivity index (χ4v) is 5.03. The summed E-state index contributed by atoms with van der Waals surface area (Å²) >= 11 is 1.44. The van der Waals surface area contributed by atoms with Crippen LogP contribution in [0.2, 0.25) is 0 Å². The number of hydrogen-bond donors (Lipinski definition) is 1. The first kappa shape index (κ1) is 20.1. The van der Waals surface area contributed by atoms with Gasteiger partial charge in [-0.1, -0.05) is 41.2 Å². The number of nitrogens with zero attached hydrogens (tertiary/aromatic N) is 2. The molecule has 1 heterocycles. The zero-order chi connectivity index (χ0) is 21.3. The zero-order valence-electron chi connectivity index (χ0n) is 16.4. The van der Waals surface area contributed by atoms with Gasteiger partial charge < -0.3 is 4.57 Å². The highest BCUT2D eigenvalue weighted by atomic mass is 32.2. The monoisotopic (exact) mass is 437 g/mol. The Kier molecular flexibility index (Phi) is 5.27. The molecule has 0 aliphatic rings. The molecule has 3 aromatic carbocycles. The van der Waals surface area contributed by atoms with Gasteiger partial charge in [0.1, 0.15) is 0 Å². The summed E-state index contributed by atoms with van der Waals surface area (Å²) in [6.07, 6.45) is 0. The van der Waals surface area contributed by atoms with E-state index in [0.29, 0.717) is 16.1 Å². The van der Waals surface area contributed by atoms with Crippen molar-refractivity contribution in [2.75, 3.05) is 4.72 Å². The summed E-state index contributed by atoms with van der Waals surface area (Å²) in [5, 5.41) is 0. The second-order valence-electron chi connectivity index (χ2n) is 6.82. The van der Waals surface area contributed by atoms with Gasteiger partial charge in [-0.25, -0.2) is 8.42 Å². The van der Waals surface area contributed by atoms with Gasteiger partial charge in [0.15, 0.2) is 4.80 Å². The predicted molar refractivity (Wildman–Crippen MR) is 119 cm³/mol. The van der Waals surface area contributed by atoms with Gasteiger partial charge in [-0.3, -0.25) is 9.52 Å². The maximum Gasteiger partial charge on any atom is 0.279 e. The van der Waals surface area contributed by atoms with Crippen molar-refractivity contribution in [3.63, 3.8) is 0 Å². The minimum absolute atomic E-state index is 0.181. The molecule has 0 unspecified atom stereocenters. The number of hydrogen-bond acceptors (Lipinski definition) is 4. The van der Waals surface area contributed by atoms with Crippen LogP contribution >= 0.6 is 11.3 Å². The number of aryl methyl sites for hydroxylation is 2. The second kappa shape index (κ2) is 7.89. The molecule has 0 fully saturated rings. The third-order valence-corrected chi connectivity index (χ3v) is 7.14. The molecular formula is C22H19N3O3S2. The number of nitrogens with one attached hydrogen (secondary N) is 1. The minimum atomic E-state index is -3.69. The van der Waals surface area contributed by atoms with Gasteiger partial charge in [-0.15, -0.1) is 0 Å². The number of carbonyl (C=O) groups excluding carboxylic acids is 1. The Morgan fingerprint density at radius 2 is 1.63 bits per heavy atom. The highest BCUT2D eigenvalue weighted by Crippen LogP contribution is 2.18. The summed E-state index contributed by atoms with van der Waals surface area (Å²) in [5.74, 6) is -0.384. The fourth-order valence-electron chi connectivity index (χ4n) is 2.95. The molecule has 0 aliphatic heterocycles. The summed E-state index contributed by atoms with van der Waals surface area (Å²) in [6, 6.07) is 20.7. The van der Waals surface area contributed by atoms with Crippen LogP contribution in [0.1, 0.15) is 15.9 Å². The van der Waals surface area contributed by atoms with Crippen molar-refractivity contribution in [1.29, 1.82) is 0 Å². The van der Waals surface area contributed by atoms with Crippen LogP contribution in [-0.2, 0) is 17.1 Å². The van der Waals surface area contributed by atoms with Crippen LogP contribution < -0.4 is 9.52 Å². The number of carbonyl (C=O) groups is 1. The highest BCUT2D eigenvalue weighted by molar-refractivity contribution is 7.92. The lowest BCUT2D eigenvalue weighted by Crippen LogP contribution is -2.14. The molecule has 0 saturated carbocycles. The van der Waals surface area contributed by atoms with Gasteiger partial charge >= 0.3 is 0 Å². The van der Waals surface area contributed by atoms with Gasteiger partial charge in [0.2, 0.25) is 0 Å². The Labute approximate surface area is 178 Å². The van der Waals surface area contributed by atoms with Gasteiger partial charge in [0.05, 0.1) is 15.1 Å². The topological polar surface area (TPSA) is 80.5 Å². The molecule has 30 heavy (non-hydrogen) atoms. The number of sulfonamides is 1. The van der Waals surface area contributed by atoms with E-state index in [9.17, 15) is 13.2 Å². The molecular weight excluding hydrogens is 418 g/mol. The number of anilines is 1. The highest BCUT2D eigenvalue weighted by Gasteiger charge is 2.14. The minimum Gasteiger partial charge on any atom is -0.319 e. The quantitative estimate of drug-likeness (QED) is 0.522. The van der Waals surface area contributed by atoms with Crippen molar-refractivity contribution in [1.82, 2.24) is 4.57 Å². The first-order valence-electron chi connectivity index (χ1n) is 9.17. The molecule has 152 valence electrons. The van der Waals surface area contributed by atoms with Crippen molar-refractivity contribution in [2.24, 2.45) is 12.0 Å². The molecule has 4 rings (SSSR count). The zero-order valence-corrected chi connectivity index (χ0v) is 18.0. The molecule has 0 atom stereocenters. The summed E-state index contributed by atoms with van der Waals surface area (Å²) in [6.45, 7) is 1.89. The number of para-hydroxylation sites is 1. The van der Waals surface area contributed by atoms with Crippen molar-refractivity contribution < 1.29 is 13.2 Å². The second-order valence-corrected chi connectivity index (χ2v) is 9.52. The third-order valence-electron chi connectivity index (χ3n) is 4.63. The smallest absolute Gasteiger partial charge is 0.279 e. The largest absolute Gasteiger partial charge is 0.319 e. The Morgan fingerprint density at radius 3 is 2.30 bits per heavy atom. The standard InChI is InChI=1S/C22H19N3O3S2/c1-15-7-13-18(14-8-15)30(27,28)24-17-11-9-16(10-12-17)21(26)23-22-25(2)19-5-3-4-6-20(19)29-22/h3-14,24H,1-2H3. The van der Waals surface area contributed by atoms with E-state index >= 15 is 0 Å². The number of rotatable bonds is 4. The van der Waals surface area contributed by atoms with Gasteiger partial charge in [-0.05, 0) is 55.5 Å². The van der Waals surface area contributed by atoms with Crippen LogP contribution in [0.5, 0.6) is 0 Å². The Balaban J connectivity index is 1.56. The molecule has 1 aromatic heterocycles. The average molecular weight is 438 g/mol. The fraction of sp³-hybridized carbons (Fsp3) is 0.0909. The lowest BCUT2D eigenvalue weighted by molar-refractivity contribution is 0.0998. The molecule has 4 aromatic rings. The molecule has 0 aliphatic carbocycles. The van der Waals surface area contributed by atoms with Crippen LogP contribution in [0.4, 0.5) is 5.69 Å². The molecule has 8 heteroatoms. The SMILES string of the molecule is Cc1ccc(S(=O)(=O)Nc2ccc(C(=O)N=c3sc4ccccc4n3C)cc2)cc1. The number of thiazole rings is 1. The van der Waals surface area contributed by atoms with Crippen molar-refractivity contribution >= 4 is 43.2 Å². The normalized spacial score (nSPS) is 12.3. The lowest BCUT2D eigenvalue weighted by Gasteiger charge is -2.08. The van der Waals surface area contributed by atoms with E-state index in [1.165, 1.54) is 11.3 Å². The first-order valence-corrected chi connectivity index (χ1v) is 11.5. The number of aromatic nitrogens is 1. The van der Waals surface area contributed by atoms with E-state index in [1.807, 2.05) is 42.8 Å². The number of benzene rings is 3. The van der Waals surface area contributed by atoms with E-state index < -0.39 is 10.0 Å². The molecule has 0 bridgehead atoms. The molecule has 0 saturated heterocycles. The Hall–Kier alpha value is -3.23. The van der Waals surface area contributed by atoms with E-state index in [4.69, 9.17) is 0 Å². The molecule has 1 N–H and O–H groups in total. The van der Waals surface area contributed by atoms with Crippen molar-refractivity contribution in [3.05, 3.63) is 88.7 Å². The lowest BCUT2D eigenvalue weighted by atomic mass is 10.2. The van der Waals surface area contributed by atoms with Crippen molar-refractivity contribution in [3.8, 4) is 0 Å². The van der Waals surface area contributed by atoms with Gasteiger partial charge in [0, 0.05) is 18.3 Å². The third kappa shape index (κ3) is 4.05. The van der Waals surface area contributed by atoms with Gasteiger partial charge in [0.25, 0.3) is 15.9 Å². The summed E-state index contributed by atoms with van der Waals surface area (Å²) in [7, 11) is -1.82. The van der Waals surface area contributed by atoms with Crippen LogP contribution in [0.25, 0.3) is 10.2 Å². The Bertz CT molecular complexity index is 1400. The maximum absolute atomic E-state index is 12.6. The number of fused-ring (bicyclic) bond motifs is 1. The number of amides is 1. The summed E-state index contributed by atoms with van der Waals surface area (Å²) < 4.78 is 30.4. The van der Waals surface area contributed by atoms with Crippen LogP contribution in [-0.4, -0.2) is 18.9 Å². The van der Waals surface area contributed by atoms with E-state index in [0.717, 1.165) is 15.8 Å². The molecule has 1 amide bonds. The molecule has 0 radical (unpaired) electrons. The van der Waals surface area contributed by atoms with Crippen LogP contribution in [0, 0.1) is 6.92 Å². The first-order chi connectivity index (χ1) is 14.3. The van der Waals surface area contributed by atoms with E-state index in [1.54, 1.807) is 48.5 Å².